The fourth-order valence-corrected chi connectivity index (χ4v) is 2.78. The Bertz CT molecular complexity index is 257. The molecule has 0 aromatic rings. The third-order valence-electron chi connectivity index (χ3n) is 4.45. The highest BCUT2D eigenvalue weighted by Gasteiger charge is 2.70. The summed E-state index contributed by atoms with van der Waals surface area (Å²) in [7, 11) is 0. The Kier molecular flexibility index (Phi) is 4.28. The maximum atomic E-state index is 12.9. The zero-order valence-corrected chi connectivity index (χ0v) is 10.5. The van der Waals surface area contributed by atoms with Crippen LogP contribution in [0, 0.1) is 17.3 Å². The maximum Gasteiger partial charge on any atom is 0.403 e. The van der Waals surface area contributed by atoms with E-state index in [0.29, 0.717) is 19.8 Å². The molecular formula is C12H18F6. The molecule has 0 unspecified atom stereocenters. The molecule has 1 atom stereocenters. The van der Waals surface area contributed by atoms with Crippen molar-refractivity contribution in [1.82, 2.24) is 0 Å². The Balaban J connectivity index is 3.03. The minimum atomic E-state index is -5.26. The van der Waals surface area contributed by atoms with Crippen LogP contribution in [-0.4, -0.2) is 12.4 Å². The molecule has 108 valence electrons. The summed E-state index contributed by atoms with van der Waals surface area (Å²) >= 11 is 0. The molecule has 0 heterocycles. The molecule has 0 radical (unpaired) electrons. The van der Waals surface area contributed by atoms with Crippen LogP contribution in [-0.2, 0) is 0 Å². The fraction of sp³-hybridized carbons (Fsp3) is 1.00. The largest absolute Gasteiger partial charge is 0.403 e. The van der Waals surface area contributed by atoms with Crippen LogP contribution in [0.4, 0.5) is 26.3 Å². The summed E-state index contributed by atoms with van der Waals surface area (Å²) in [6, 6.07) is 0. The van der Waals surface area contributed by atoms with Crippen molar-refractivity contribution in [2.24, 2.45) is 17.3 Å². The van der Waals surface area contributed by atoms with Gasteiger partial charge in [-0.3, -0.25) is 0 Å². The van der Waals surface area contributed by atoms with Crippen LogP contribution >= 0.6 is 0 Å². The lowest BCUT2D eigenvalue weighted by Gasteiger charge is -2.43. The molecule has 0 bridgehead atoms. The van der Waals surface area contributed by atoms with Gasteiger partial charge in [-0.2, -0.15) is 26.3 Å². The molecule has 1 aliphatic rings. The van der Waals surface area contributed by atoms with Crippen LogP contribution in [0.3, 0.4) is 0 Å². The molecule has 0 aromatic carbocycles. The smallest absolute Gasteiger partial charge is 0.170 e. The van der Waals surface area contributed by atoms with E-state index in [1.54, 1.807) is 0 Å². The van der Waals surface area contributed by atoms with Crippen molar-refractivity contribution in [2.45, 2.75) is 58.3 Å². The Labute approximate surface area is 103 Å². The van der Waals surface area contributed by atoms with Crippen LogP contribution in [0.25, 0.3) is 0 Å². The second-order valence-corrected chi connectivity index (χ2v) is 5.38. The van der Waals surface area contributed by atoms with E-state index in [2.05, 4.69) is 0 Å². The van der Waals surface area contributed by atoms with Gasteiger partial charge in [0.2, 0.25) is 0 Å². The van der Waals surface area contributed by atoms with Crippen molar-refractivity contribution in [2.75, 3.05) is 0 Å². The van der Waals surface area contributed by atoms with E-state index in [1.807, 2.05) is 0 Å². The summed E-state index contributed by atoms with van der Waals surface area (Å²) < 4.78 is 77.3. The molecule has 0 aromatic heterocycles. The van der Waals surface area contributed by atoms with Crippen molar-refractivity contribution in [3.05, 3.63) is 0 Å². The molecule has 1 fully saturated rings. The van der Waals surface area contributed by atoms with Gasteiger partial charge in [0.05, 0.1) is 0 Å². The van der Waals surface area contributed by atoms with Gasteiger partial charge in [0.1, 0.15) is 0 Å². The summed E-state index contributed by atoms with van der Waals surface area (Å²) in [6.45, 7) is 1.39. The lowest BCUT2D eigenvalue weighted by molar-refractivity contribution is -0.355. The second-order valence-electron chi connectivity index (χ2n) is 5.38. The topological polar surface area (TPSA) is 0 Å². The molecule has 0 N–H and O–H groups in total. The molecule has 1 rings (SSSR count). The number of halogens is 6. The predicted octanol–water partition coefficient (Wildman–Crippen LogP) is 5.33. The van der Waals surface area contributed by atoms with E-state index in [4.69, 9.17) is 0 Å². The van der Waals surface area contributed by atoms with Gasteiger partial charge in [0, 0.05) is 0 Å². The molecule has 0 aliphatic heterocycles. The molecule has 18 heavy (non-hydrogen) atoms. The molecule has 1 aliphatic carbocycles. The van der Waals surface area contributed by atoms with Crippen LogP contribution in [0.1, 0.15) is 46.0 Å². The Hall–Kier alpha value is -0.420. The number of rotatable bonds is 2. The normalized spacial score (nSPS) is 22.0. The van der Waals surface area contributed by atoms with E-state index in [-0.39, 0.29) is 0 Å². The third kappa shape index (κ3) is 2.62. The van der Waals surface area contributed by atoms with Crippen molar-refractivity contribution >= 4 is 0 Å². The van der Waals surface area contributed by atoms with Gasteiger partial charge in [0.15, 0.2) is 5.41 Å². The van der Waals surface area contributed by atoms with E-state index in [0.717, 1.165) is 26.2 Å². The van der Waals surface area contributed by atoms with Crippen molar-refractivity contribution < 1.29 is 26.3 Å². The van der Waals surface area contributed by atoms with Crippen LogP contribution in [0.15, 0.2) is 0 Å². The number of hydrogen-bond acceptors (Lipinski definition) is 0. The summed E-state index contributed by atoms with van der Waals surface area (Å²) in [5.74, 6) is -1.93. The molecule has 0 nitrogen and oxygen atoms in total. The Morgan fingerprint density at radius 1 is 0.833 bits per heavy atom. The third-order valence-corrected chi connectivity index (χ3v) is 4.45. The Morgan fingerprint density at radius 2 is 1.22 bits per heavy atom. The lowest BCUT2D eigenvalue weighted by atomic mass is 9.66. The van der Waals surface area contributed by atoms with Crippen LogP contribution in [0.5, 0.6) is 0 Å². The first kappa shape index (κ1) is 15.6. The minimum Gasteiger partial charge on any atom is -0.170 e. The van der Waals surface area contributed by atoms with Crippen molar-refractivity contribution in [3.8, 4) is 0 Å². The highest BCUT2D eigenvalue weighted by atomic mass is 19.4. The predicted molar refractivity (Wildman–Crippen MR) is 56.0 cm³/mol. The fourth-order valence-electron chi connectivity index (χ4n) is 2.78. The average molecular weight is 276 g/mol. The highest BCUT2D eigenvalue weighted by Crippen LogP contribution is 2.57. The van der Waals surface area contributed by atoms with Gasteiger partial charge >= 0.3 is 12.4 Å². The minimum absolute atomic E-state index is 0.298. The monoisotopic (exact) mass is 276 g/mol. The quantitative estimate of drug-likeness (QED) is 0.598. The lowest BCUT2D eigenvalue weighted by Crippen LogP contribution is -2.54. The highest BCUT2D eigenvalue weighted by molar-refractivity contribution is 4.96. The zero-order chi connectivity index (χ0) is 14.2. The van der Waals surface area contributed by atoms with Crippen molar-refractivity contribution in [1.29, 1.82) is 0 Å². The summed E-state index contributed by atoms with van der Waals surface area (Å²) in [5.41, 5.74) is -3.61. The van der Waals surface area contributed by atoms with Gasteiger partial charge < -0.3 is 0 Å². The van der Waals surface area contributed by atoms with Gasteiger partial charge in [-0.05, 0) is 18.8 Å². The molecule has 0 saturated heterocycles. The van der Waals surface area contributed by atoms with Gasteiger partial charge in [0.25, 0.3) is 0 Å². The van der Waals surface area contributed by atoms with E-state index >= 15 is 0 Å². The number of alkyl halides is 6. The first-order valence-corrected chi connectivity index (χ1v) is 6.15. The molecular weight excluding hydrogens is 258 g/mol. The summed E-state index contributed by atoms with van der Waals surface area (Å²) in [4.78, 5) is 0. The first-order chi connectivity index (χ1) is 8.02. The van der Waals surface area contributed by atoms with Gasteiger partial charge in [-0.15, -0.1) is 0 Å². The molecule has 6 heteroatoms. The van der Waals surface area contributed by atoms with E-state index in [9.17, 15) is 26.3 Å². The zero-order valence-electron chi connectivity index (χ0n) is 10.5. The van der Waals surface area contributed by atoms with E-state index in [1.165, 1.54) is 0 Å². The summed E-state index contributed by atoms with van der Waals surface area (Å²) in [6.07, 6.45) is -7.25. The molecule has 0 amide bonds. The van der Waals surface area contributed by atoms with Gasteiger partial charge in [-0.25, -0.2) is 0 Å². The standard InChI is InChI=1S/C12H18F6/c1-8(9-6-4-3-5-7-9)10(2,11(13,14)15)12(16,17)18/h8-9H,3-7H2,1-2H3/t8-/m0/s1. The SMILES string of the molecule is C[C@@H](C1CCCCC1)C(C)(C(F)(F)F)C(F)(F)F. The average Bonchev–Trinajstić information content (AvgIpc) is 2.25. The Morgan fingerprint density at radius 3 is 1.56 bits per heavy atom. The van der Waals surface area contributed by atoms with Gasteiger partial charge in [-0.1, -0.05) is 39.0 Å². The van der Waals surface area contributed by atoms with E-state index < -0.39 is 29.6 Å². The first-order valence-electron chi connectivity index (χ1n) is 6.15. The maximum absolute atomic E-state index is 12.9. The second kappa shape index (κ2) is 4.93. The number of hydrogen-bond donors (Lipinski definition) is 0. The molecule has 0 spiro atoms. The summed E-state index contributed by atoms with van der Waals surface area (Å²) in [5, 5.41) is 0. The van der Waals surface area contributed by atoms with Crippen molar-refractivity contribution in [3.63, 3.8) is 0 Å². The van der Waals surface area contributed by atoms with Crippen LogP contribution in [0.2, 0.25) is 0 Å². The van der Waals surface area contributed by atoms with Crippen LogP contribution < -0.4 is 0 Å². The molecule has 1 saturated carbocycles.